The monoisotopic (exact) mass is 517 g/mol. The van der Waals surface area contributed by atoms with E-state index in [1.807, 2.05) is 9.80 Å². The van der Waals surface area contributed by atoms with Gasteiger partial charge in [-0.3, -0.25) is 14.3 Å². The second kappa shape index (κ2) is 10.2. The van der Waals surface area contributed by atoms with Crippen molar-refractivity contribution in [2.75, 3.05) is 44.2 Å². The fourth-order valence-corrected chi connectivity index (χ4v) is 6.11. The number of benzene rings is 1. The van der Waals surface area contributed by atoms with Crippen molar-refractivity contribution in [2.45, 2.75) is 58.5 Å². The van der Waals surface area contributed by atoms with E-state index in [2.05, 4.69) is 52.4 Å². The molecule has 3 aromatic rings. The zero-order chi connectivity index (χ0) is 26.2. The third kappa shape index (κ3) is 4.54. The summed E-state index contributed by atoms with van der Waals surface area (Å²) in [5.74, 6) is 0.0458. The maximum absolute atomic E-state index is 13.5. The minimum atomic E-state index is -0.0264. The van der Waals surface area contributed by atoms with Gasteiger partial charge in [-0.05, 0) is 68.4 Å². The van der Waals surface area contributed by atoms with Crippen molar-refractivity contribution >= 4 is 17.5 Å². The number of rotatable bonds is 5. The van der Waals surface area contributed by atoms with Gasteiger partial charge in [-0.2, -0.15) is 9.90 Å². The average molecular weight is 518 g/mol. The molecule has 0 spiro atoms. The van der Waals surface area contributed by atoms with Crippen LogP contribution in [0.15, 0.2) is 24.5 Å². The van der Waals surface area contributed by atoms with E-state index in [0.29, 0.717) is 31.9 Å². The molecular formula is C27H35N9O2. The van der Waals surface area contributed by atoms with Gasteiger partial charge in [0.05, 0.1) is 6.04 Å². The maximum atomic E-state index is 13.5. The second-order valence-corrected chi connectivity index (χ2v) is 10.7. The minimum absolute atomic E-state index is 0.0264. The third-order valence-electron chi connectivity index (χ3n) is 8.49. The molecule has 2 aliphatic heterocycles. The Labute approximate surface area is 222 Å². The summed E-state index contributed by atoms with van der Waals surface area (Å²) in [6.07, 6.45) is 5.73. The lowest BCUT2D eigenvalue weighted by atomic mass is 10.0. The van der Waals surface area contributed by atoms with Crippen LogP contribution in [0, 0.1) is 13.8 Å². The summed E-state index contributed by atoms with van der Waals surface area (Å²) in [6, 6.07) is 6.57. The third-order valence-corrected chi connectivity index (χ3v) is 8.49. The van der Waals surface area contributed by atoms with Gasteiger partial charge in [0, 0.05) is 56.2 Å². The Bertz CT molecular complexity index is 1320. The number of nitrogens with zero attached hydrogens (tertiary/aromatic N) is 9. The summed E-state index contributed by atoms with van der Waals surface area (Å²) in [5.41, 5.74) is 6.46. The van der Waals surface area contributed by atoms with Crippen LogP contribution in [0.25, 0.3) is 0 Å². The number of hydrogen-bond acceptors (Lipinski definition) is 7. The first-order valence-electron chi connectivity index (χ1n) is 13.7. The molecule has 1 aliphatic carbocycles. The van der Waals surface area contributed by atoms with E-state index in [-0.39, 0.29) is 24.4 Å². The number of likely N-dealkylation sites (tertiary alicyclic amines) is 1. The molecule has 0 unspecified atom stereocenters. The van der Waals surface area contributed by atoms with Gasteiger partial charge < -0.3 is 14.7 Å². The second-order valence-electron chi connectivity index (χ2n) is 10.7. The number of amides is 2. The fraction of sp³-hybridized carbons (Fsp3) is 0.556. The number of carbonyl (C=O) groups excluding carboxylic acids is 2. The van der Waals surface area contributed by atoms with Gasteiger partial charge in [0.25, 0.3) is 5.91 Å². The summed E-state index contributed by atoms with van der Waals surface area (Å²) in [7, 11) is 0. The molecule has 4 heterocycles. The van der Waals surface area contributed by atoms with E-state index in [1.165, 1.54) is 23.1 Å². The molecule has 38 heavy (non-hydrogen) atoms. The number of aromatic nitrogens is 6. The van der Waals surface area contributed by atoms with Crippen LogP contribution < -0.4 is 4.90 Å². The lowest BCUT2D eigenvalue weighted by molar-refractivity contribution is -0.132. The first-order valence-corrected chi connectivity index (χ1v) is 13.7. The average Bonchev–Trinajstić information content (AvgIpc) is 3.70. The van der Waals surface area contributed by atoms with Gasteiger partial charge in [0.15, 0.2) is 12.0 Å². The van der Waals surface area contributed by atoms with Crippen LogP contribution in [0.5, 0.6) is 0 Å². The Hall–Kier alpha value is -3.76. The first kappa shape index (κ1) is 24.6. The number of tetrazole rings is 1. The van der Waals surface area contributed by atoms with E-state index < -0.39 is 0 Å². The summed E-state index contributed by atoms with van der Waals surface area (Å²) in [4.78, 5) is 34.6. The van der Waals surface area contributed by atoms with Gasteiger partial charge in [-0.1, -0.05) is 12.1 Å². The molecule has 200 valence electrons. The highest BCUT2D eigenvalue weighted by atomic mass is 16.2. The number of fused-ring (bicyclic) bond motifs is 1. The lowest BCUT2D eigenvalue weighted by Gasteiger charge is -2.37. The van der Waals surface area contributed by atoms with Crippen molar-refractivity contribution < 1.29 is 9.59 Å². The zero-order valence-corrected chi connectivity index (χ0v) is 22.2. The Balaban J connectivity index is 1.09. The van der Waals surface area contributed by atoms with Crippen LogP contribution >= 0.6 is 0 Å². The largest absolute Gasteiger partial charge is 0.368 e. The minimum Gasteiger partial charge on any atom is -0.368 e. The van der Waals surface area contributed by atoms with Crippen molar-refractivity contribution in [2.24, 2.45) is 0 Å². The van der Waals surface area contributed by atoms with Gasteiger partial charge >= 0.3 is 0 Å². The van der Waals surface area contributed by atoms with Crippen LogP contribution in [-0.2, 0) is 24.2 Å². The van der Waals surface area contributed by atoms with Crippen LogP contribution in [0.1, 0.15) is 58.2 Å². The number of hydrogen-bond donors (Lipinski definition) is 0. The zero-order valence-electron chi connectivity index (χ0n) is 22.2. The van der Waals surface area contributed by atoms with E-state index in [1.54, 1.807) is 9.48 Å². The Morgan fingerprint density at radius 1 is 0.974 bits per heavy atom. The Morgan fingerprint density at radius 3 is 2.50 bits per heavy atom. The van der Waals surface area contributed by atoms with Crippen LogP contribution in [0.2, 0.25) is 0 Å². The van der Waals surface area contributed by atoms with Crippen LogP contribution in [-0.4, -0.2) is 90.9 Å². The molecule has 3 aliphatic rings. The summed E-state index contributed by atoms with van der Waals surface area (Å²) in [5, 5.41) is 16.7. The SMILES string of the molecule is Cc1cccc(N2CCN(C(=O)Cn3nc(C(=O)N4CCC(n5ncnn5)CC4)c4c3CCC4)CC2)c1C. The van der Waals surface area contributed by atoms with Crippen molar-refractivity contribution in [3.8, 4) is 0 Å². The van der Waals surface area contributed by atoms with Crippen molar-refractivity contribution in [3.63, 3.8) is 0 Å². The predicted molar refractivity (Wildman–Crippen MR) is 141 cm³/mol. The normalized spacial score (nSPS) is 18.2. The topological polar surface area (TPSA) is 105 Å². The molecule has 0 saturated carbocycles. The number of anilines is 1. The number of piperidine rings is 1. The number of aryl methyl sites for hydroxylation is 1. The molecule has 2 saturated heterocycles. The number of carbonyl (C=O) groups is 2. The molecule has 2 fully saturated rings. The summed E-state index contributed by atoms with van der Waals surface area (Å²) >= 11 is 0. The van der Waals surface area contributed by atoms with Gasteiger partial charge in [0.2, 0.25) is 5.91 Å². The van der Waals surface area contributed by atoms with E-state index in [0.717, 1.165) is 56.5 Å². The quantitative estimate of drug-likeness (QED) is 0.508. The molecule has 2 amide bonds. The summed E-state index contributed by atoms with van der Waals surface area (Å²) in [6.45, 7) is 8.78. The molecule has 0 bridgehead atoms. The molecule has 11 nitrogen and oxygen atoms in total. The maximum Gasteiger partial charge on any atom is 0.274 e. The molecule has 0 N–H and O–H groups in total. The molecule has 1 aromatic carbocycles. The highest BCUT2D eigenvalue weighted by molar-refractivity contribution is 5.94. The highest BCUT2D eigenvalue weighted by Gasteiger charge is 2.33. The molecule has 6 rings (SSSR count). The van der Waals surface area contributed by atoms with Crippen molar-refractivity contribution in [3.05, 3.63) is 52.6 Å². The van der Waals surface area contributed by atoms with Gasteiger partial charge in [0.1, 0.15) is 6.54 Å². The molecule has 2 aromatic heterocycles. The summed E-state index contributed by atoms with van der Waals surface area (Å²) < 4.78 is 1.81. The Morgan fingerprint density at radius 2 is 1.76 bits per heavy atom. The Kier molecular flexibility index (Phi) is 6.59. The molecular weight excluding hydrogens is 482 g/mol. The van der Waals surface area contributed by atoms with E-state index in [4.69, 9.17) is 5.10 Å². The van der Waals surface area contributed by atoms with E-state index >= 15 is 0 Å². The highest BCUT2D eigenvalue weighted by Crippen LogP contribution is 2.29. The fourth-order valence-electron chi connectivity index (χ4n) is 6.11. The van der Waals surface area contributed by atoms with Crippen molar-refractivity contribution in [1.29, 1.82) is 0 Å². The van der Waals surface area contributed by atoms with Crippen LogP contribution in [0.3, 0.4) is 0 Å². The molecule has 0 radical (unpaired) electrons. The van der Waals surface area contributed by atoms with E-state index in [9.17, 15) is 9.59 Å². The molecule has 0 atom stereocenters. The van der Waals surface area contributed by atoms with Crippen molar-refractivity contribution in [1.82, 2.24) is 39.8 Å². The molecule has 11 heteroatoms. The first-order chi connectivity index (χ1) is 18.5. The van der Waals surface area contributed by atoms with Gasteiger partial charge in [-0.15, -0.1) is 10.2 Å². The smallest absolute Gasteiger partial charge is 0.274 e. The lowest BCUT2D eigenvalue weighted by Crippen LogP contribution is -2.50. The van der Waals surface area contributed by atoms with Crippen LogP contribution in [0.4, 0.5) is 5.69 Å². The predicted octanol–water partition coefficient (Wildman–Crippen LogP) is 1.80. The number of piperazine rings is 1. The van der Waals surface area contributed by atoms with Gasteiger partial charge in [-0.25, -0.2) is 0 Å². The standard InChI is InChI=1S/C27H35N9O2/c1-19-5-3-7-23(20(19)2)32-13-15-33(16-14-32)25(37)17-35-24-8-4-6-22(24)26(30-35)27(38)34-11-9-21(10-12-34)36-29-18-28-31-36/h3,5,7,18,21H,4,6,8-17H2,1-2H3.